The number of amides is 3. The van der Waals surface area contributed by atoms with Crippen molar-refractivity contribution in [2.24, 2.45) is 35.5 Å². The summed E-state index contributed by atoms with van der Waals surface area (Å²) in [4.78, 5) is 41.6. The van der Waals surface area contributed by atoms with Gasteiger partial charge in [0, 0.05) is 6.07 Å². The third-order valence-electron chi connectivity index (χ3n) is 7.71. The minimum Gasteiger partial charge on any atom is -0.497 e. The molecule has 2 bridgehead atoms. The smallest absolute Gasteiger partial charge is 0.257 e. The summed E-state index contributed by atoms with van der Waals surface area (Å²) in [6, 6.07) is 11.9. The Morgan fingerprint density at radius 2 is 1.61 bits per heavy atom. The van der Waals surface area contributed by atoms with Gasteiger partial charge in [-0.1, -0.05) is 24.3 Å². The van der Waals surface area contributed by atoms with Gasteiger partial charge in [0.2, 0.25) is 11.8 Å². The van der Waals surface area contributed by atoms with Crippen molar-refractivity contribution >= 4 is 29.1 Å². The predicted molar refractivity (Wildman–Crippen MR) is 121 cm³/mol. The molecule has 3 amide bonds. The summed E-state index contributed by atoms with van der Waals surface area (Å²) in [5.41, 5.74) is 1.02. The number of nitrogens with one attached hydrogen (secondary N) is 1. The molecule has 2 saturated carbocycles. The highest BCUT2D eigenvalue weighted by atomic mass is 16.5. The number of methoxy groups -OCH3 is 2. The van der Waals surface area contributed by atoms with Crippen LogP contribution in [0, 0.1) is 35.5 Å². The number of para-hydroxylation sites is 1. The van der Waals surface area contributed by atoms with E-state index in [9.17, 15) is 14.4 Å². The number of nitrogens with zero attached hydrogens (tertiary/aromatic N) is 1. The van der Waals surface area contributed by atoms with Crippen molar-refractivity contribution < 1.29 is 23.9 Å². The highest BCUT2D eigenvalue weighted by Crippen LogP contribution is 2.65. The van der Waals surface area contributed by atoms with Gasteiger partial charge in [-0.05, 0) is 54.4 Å². The van der Waals surface area contributed by atoms with E-state index in [1.807, 2.05) is 0 Å². The van der Waals surface area contributed by atoms with Gasteiger partial charge in [-0.3, -0.25) is 14.4 Å². The van der Waals surface area contributed by atoms with Crippen molar-refractivity contribution in [1.29, 1.82) is 0 Å². The second kappa shape index (κ2) is 7.20. The van der Waals surface area contributed by atoms with E-state index in [4.69, 9.17) is 9.47 Å². The molecule has 168 valence electrons. The monoisotopic (exact) mass is 444 g/mol. The third kappa shape index (κ3) is 2.84. The summed E-state index contributed by atoms with van der Waals surface area (Å²) in [5.74, 6) is 0.921. The first-order valence-electron chi connectivity index (χ1n) is 11.2. The maximum absolute atomic E-state index is 13.5. The van der Waals surface area contributed by atoms with Gasteiger partial charge in [-0.2, -0.15) is 0 Å². The molecule has 5 aliphatic rings. The van der Waals surface area contributed by atoms with Gasteiger partial charge >= 0.3 is 0 Å². The van der Waals surface area contributed by atoms with E-state index in [1.165, 1.54) is 12.0 Å². The van der Waals surface area contributed by atoms with E-state index >= 15 is 0 Å². The summed E-state index contributed by atoms with van der Waals surface area (Å²) in [6.45, 7) is 0. The minimum atomic E-state index is -0.434. The molecular formula is C26H24N2O5. The molecule has 7 heteroatoms. The number of rotatable bonds is 5. The van der Waals surface area contributed by atoms with E-state index < -0.39 is 5.91 Å². The Bertz CT molecular complexity index is 1180. The van der Waals surface area contributed by atoms with Gasteiger partial charge in [0.1, 0.15) is 11.5 Å². The molecule has 7 nitrogen and oxygen atoms in total. The van der Waals surface area contributed by atoms with Crippen LogP contribution in [-0.4, -0.2) is 31.9 Å². The fraction of sp³-hybridized carbons (Fsp3) is 0.346. The minimum absolute atomic E-state index is 0.133. The molecule has 2 aromatic rings. The van der Waals surface area contributed by atoms with E-state index in [2.05, 4.69) is 17.5 Å². The fourth-order valence-corrected chi connectivity index (χ4v) is 6.16. The average Bonchev–Trinajstić information content (AvgIpc) is 3.62. The number of carbonyl (C=O) groups is 3. The standard InChI is InChI=1S/C26H24N2O5/c1-32-13-7-10-21(33-2)19(11-13)27-24(29)16-5-3-4-6-20(16)28-25(30)22-14-8-9-15(18-12-17(14)18)23(22)26(28)31/h3-11,14-15,17-18,22-23H,12H2,1-2H3,(H,27,29)/t14-,15-,17-,18-,22+,23+/m1/s1. The lowest BCUT2D eigenvalue weighted by Crippen LogP contribution is -2.40. The first kappa shape index (κ1) is 20.0. The van der Waals surface area contributed by atoms with Crippen LogP contribution in [0.2, 0.25) is 0 Å². The Morgan fingerprint density at radius 1 is 0.939 bits per heavy atom. The Morgan fingerprint density at radius 3 is 2.24 bits per heavy atom. The molecule has 3 fully saturated rings. The molecule has 4 aliphatic carbocycles. The largest absolute Gasteiger partial charge is 0.497 e. The maximum Gasteiger partial charge on any atom is 0.257 e. The summed E-state index contributed by atoms with van der Waals surface area (Å²) < 4.78 is 10.6. The van der Waals surface area contributed by atoms with Gasteiger partial charge in [0.25, 0.3) is 5.91 Å². The zero-order valence-corrected chi connectivity index (χ0v) is 18.4. The van der Waals surface area contributed by atoms with Gasteiger partial charge < -0.3 is 14.8 Å². The van der Waals surface area contributed by atoms with Crippen LogP contribution >= 0.6 is 0 Å². The number of carbonyl (C=O) groups excluding carboxylic acids is 3. The number of anilines is 2. The molecular weight excluding hydrogens is 420 g/mol. The number of ether oxygens (including phenoxy) is 2. The Balaban J connectivity index is 1.34. The molecule has 0 aromatic heterocycles. The molecule has 0 unspecified atom stereocenters. The normalized spacial score (nSPS) is 30.7. The number of imide groups is 1. The predicted octanol–water partition coefficient (Wildman–Crippen LogP) is 3.51. The number of hydrogen-bond acceptors (Lipinski definition) is 5. The van der Waals surface area contributed by atoms with Gasteiger partial charge in [0.05, 0.1) is 43.0 Å². The average molecular weight is 444 g/mol. The quantitative estimate of drug-likeness (QED) is 0.564. The maximum atomic E-state index is 13.5. The zero-order chi connectivity index (χ0) is 22.9. The number of benzene rings is 2. The van der Waals surface area contributed by atoms with E-state index in [-0.39, 0.29) is 41.0 Å². The van der Waals surface area contributed by atoms with E-state index in [1.54, 1.807) is 49.6 Å². The molecule has 1 heterocycles. The molecule has 7 rings (SSSR count). The van der Waals surface area contributed by atoms with Crippen LogP contribution in [0.5, 0.6) is 11.5 Å². The molecule has 1 N–H and O–H groups in total. The summed E-state index contributed by atoms with van der Waals surface area (Å²) in [6.07, 6.45) is 5.39. The van der Waals surface area contributed by atoms with E-state index in [0.29, 0.717) is 34.7 Å². The van der Waals surface area contributed by atoms with Gasteiger partial charge in [-0.25, -0.2) is 4.90 Å². The molecule has 0 radical (unpaired) electrons. The van der Waals surface area contributed by atoms with Gasteiger partial charge in [-0.15, -0.1) is 0 Å². The van der Waals surface area contributed by atoms with Gasteiger partial charge in [0.15, 0.2) is 0 Å². The van der Waals surface area contributed by atoms with Crippen molar-refractivity contribution in [3.63, 3.8) is 0 Å². The molecule has 1 aliphatic heterocycles. The van der Waals surface area contributed by atoms with Crippen molar-refractivity contribution in [3.05, 3.63) is 60.2 Å². The van der Waals surface area contributed by atoms with Crippen molar-refractivity contribution in [2.75, 3.05) is 24.4 Å². The molecule has 1 saturated heterocycles. The highest BCUT2D eigenvalue weighted by Gasteiger charge is 2.67. The fourth-order valence-electron chi connectivity index (χ4n) is 6.16. The number of allylic oxidation sites excluding steroid dienone is 2. The number of hydrogen-bond donors (Lipinski definition) is 1. The lowest BCUT2D eigenvalue weighted by atomic mass is 9.63. The van der Waals surface area contributed by atoms with Crippen LogP contribution < -0.4 is 19.7 Å². The summed E-state index contributed by atoms with van der Waals surface area (Å²) >= 11 is 0. The topological polar surface area (TPSA) is 84.9 Å². The SMILES string of the molecule is COc1ccc(OC)c(NC(=O)c2ccccc2N2C(=O)[C@H]3[C@@H]4C=C[C@H]([C@H]5C[C@H]45)[C@@H]3C2=O)c1. The molecule has 2 aromatic carbocycles. The second-order valence-electron chi connectivity index (χ2n) is 9.20. The van der Waals surface area contributed by atoms with Crippen molar-refractivity contribution in [2.45, 2.75) is 6.42 Å². The van der Waals surface area contributed by atoms with Crippen LogP contribution in [0.15, 0.2) is 54.6 Å². The van der Waals surface area contributed by atoms with Crippen LogP contribution in [-0.2, 0) is 9.59 Å². The zero-order valence-electron chi connectivity index (χ0n) is 18.4. The van der Waals surface area contributed by atoms with Crippen LogP contribution in [0.4, 0.5) is 11.4 Å². The summed E-state index contributed by atoms with van der Waals surface area (Å²) in [5, 5.41) is 2.85. The summed E-state index contributed by atoms with van der Waals surface area (Å²) in [7, 11) is 3.06. The Hall–Kier alpha value is -3.61. The van der Waals surface area contributed by atoms with Crippen LogP contribution in [0.3, 0.4) is 0 Å². The first-order chi connectivity index (χ1) is 16.0. The molecule has 6 atom stereocenters. The van der Waals surface area contributed by atoms with Crippen molar-refractivity contribution in [3.8, 4) is 11.5 Å². The lowest BCUT2D eigenvalue weighted by Gasteiger charge is -2.37. The first-order valence-corrected chi connectivity index (χ1v) is 11.2. The Labute approximate surface area is 191 Å². The van der Waals surface area contributed by atoms with Crippen molar-refractivity contribution in [1.82, 2.24) is 0 Å². The van der Waals surface area contributed by atoms with Crippen LogP contribution in [0.25, 0.3) is 0 Å². The third-order valence-corrected chi connectivity index (χ3v) is 7.71. The lowest BCUT2D eigenvalue weighted by molar-refractivity contribution is -0.124. The van der Waals surface area contributed by atoms with E-state index in [0.717, 1.165) is 6.42 Å². The highest BCUT2D eigenvalue weighted by molar-refractivity contribution is 6.25. The second-order valence-corrected chi connectivity index (χ2v) is 9.20. The Kier molecular flexibility index (Phi) is 4.37. The molecule has 0 spiro atoms. The van der Waals surface area contributed by atoms with Crippen LogP contribution in [0.1, 0.15) is 16.8 Å². The molecule has 33 heavy (non-hydrogen) atoms.